The van der Waals surface area contributed by atoms with E-state index in [9.17, 15) is 0 Å². The summed E-state index contributed by atoms with van der Waals surface area (Å²) in [5.41, 5.74) is 6.77. The molecule has 1 aromatic carbocycles. The number of aryl methyl sites for hydroxylation is 3. The number of aromatic nitrogens is 2. The molecule has 0 unspecified atom stereocenters. The minimum Gasteiger partial charge on any atom is -0.487 e. The second-order valence-corrected chi connectivity index (χ2v) is 4.96. The number of nitrogen functional groups attached to an aromatic ring is 1. The van der Waals surface area contributed by atoms with Crippen molar-refractivity contribution in [3.63, 3.8) is 0 Å². The molecule has 5 nitrogen and oxygen atoms in total. The van der Waals surface area contributed by atoms with Crippen LogP contribution in [-0.2, 0) is 6.61 Å². The number of hydrazine groups is 1. The lowest BCUT2D eigenvalue weighted by Gasteiger charge is -2.12. The fourth-order valence-corrected chi connectivity index (χ4v) is 2.43. The zero-order chi connectivity index (χ0) is 13.1. The molecule has 0 fully saturated rings. The van der Waals surface area contributed by atoms with Crippen LogP contribution in [0.15, 0.2) is 12.1 Å². The van der Waals surface area contributed by atoms with Crippen molar-refractivity contribution < 1.29 is 4.74 Å². The molecule has 3 N–H and O–H groups in total. The van der Waals surface area contributed by atoms with Gasteiger partial charge in [-0.1, -0.05) is 22.2 Å². The standard InChI is InChI=1S/C12H16N4OS/c1-7-4-8(2)11(9(3)5-7)17-6-10-12(14-13)18-16-15-10/h4-5,14H,6,13H2,1-3H3. The Kier molecular flexibility index (Phi) is 3.78. The first-order valence-corrected chi connectivity index (χ1v) is 6.37. The Morgan fingerprint density at radius 1 is 1.28 bits per heavy atom. The fourth-order valence-electron chi connectivity index (χ4n) is 1.95. The molecule has 0 aliphatic rings. The van der Waals surface area contributed by atoms with Gasteiger partial charge in [0.2, 0.25) is 0 Å². The number of hydrogen-bond acceptors (Lipinski definition) is 6. The molecule has 6 heteroatoms. The van der Waals surface area contributed by atoms with Gasteiger partial charge < -0.3 is 10.2 Å². The number of ether oxygens (including phenoxy) is 1. The molecule has 0 atom stereocenters. The Hall–Kier alpha value is -1.66. The number of nitrogens with zero attached hydrogens (tertiary/aromatic N) is 2. The highest BCUT2D eigenvalue weighted by Crippen LogP contribution is 2.26. The SMILES string of the molecule is Cc1cc(C)c(OCc2nnsc2NN)c(C)c1. The van der Waals surface area contributed by atoms with Gasteiger partial charge in [-0.25, -0.2) is 5.84 Å². The van der Waals surface area contributed by atoms with E-state index in [1.807, 2.05) is 13.8 Å². The van der Waals surface area contributed by atoms with E-state index >= 15 is 0 Å². The van der Waals surface area contributed by atoms with E-state index in [1.54, 1.807) is 0 Å². The summed E-state index contributed by atoms with van der Waals surface area (Å²) in [6.07, 6.45) is 0. The quantitative estimate of drug-likeness (QED) is 0.655. The summed E-state index contributed by atoms with van der Waals surface area (Å²) in [5, 5.41) is 4.71. The van der Waals surface area contributed by atoms with Crippen molar-refractivity contribution in [3.8, 4) is 5.75 Å². The molecule has 2 aromatic rings. The van der Waals surface area contributed by atoms with Crippen LogP contribution in [0, 0.1) is 20.8 Å². The molecule has 1 aromatic heterocycles. The number of nitrogens with one attached hydrogen (secondary N) is 1. The summed E-state index contributed by atoms with van der Waals surface area (Å²) in [4.78, 5) is 0. The van der Waals surface area contributed by atoms with Gasteiger partial charge in [-0.05, 0) is 31.9 Å². The average Bonchev–Trinajstić information content (AvgIpc) is 2.75. The van der Waals surface area contributed by atoms with Crippen LogP contribution < -0.4 is 16.0 Å². The van der Waals surface area contributed by atoms with Gasteiger partial charge in [0.1, 0.15) is 18.1 Å². The van der Waals surface area contributed by atoms with Crippen molar-refractivity contribution in [2.24, 2.45) is 5.84 Å². The van der Waals surface area contributed by atoms with Crippen LogP contribution in [0.5, 0.6) is 5.75 Å². The summed E-state index contributed by atoms with van der Waals surface area (Å²) in [5.74, 6) is 6.27. The normalized spacial score (nSPS) is 10.4. The number of rotatable bonds is 4. The van der Waals surface area contributed by atoms with Gasteiger partial charge in [0.05, 0.1) is 0 Å². The number of benzene rings is 1. The lowest BCUT2D eigenvalue weighted by atomic mass is 10.1. The van der Waals surface area contributed by atoms with Crippen LogP contribution in [-0.4, -0.2) is 9.59 Å². The van der Waals surface area contributed by atoms with Gasteiger partial charge in [-0.2, -0.15) is 0 Å². The highest BCUT2D eigenvalue weighted by Gasteiger charge is 2.10. The maximum atomic E-state index is 5.82. The van der Waals surface area contributed by atoms with E-state index in [2.05, 4.69) is 34.1 Å². The number of nitrogens with two attached hydrogens (primary N) is 1. The predicted octanol–water partition coefficient (Wildman–Crippen LogP) is 2.33. The highest BCUT2D eigenvalue weighted by atomic mass is 32.1. The third-order valence-corrected chi connectivity index (χ3v) is 3.34. The van der Waals surface area contributed by atoms with Crippen molar-refractivity contribution in [2.75, 3.05) is 5.43 Å². The van der Waals surface area contributed by atoms with Crippen molar-refractivity contribution in [1.29, 1.82) is 0 Å². The van der Waals surface area contributed by atoms with Crippen molar-refractivity contribution in [1.82, 2.24) is 9.59 Å². The second-order valence-electron chi connectivity index (χ2n) is 4.21. The molecular weight excluding hydrogens is 248 g/mol. The summed E-state index contributed by atoms with van der Waals surface area (Å²) >= 11 is 1.22. The maximum Gasteiger partial charge on any atom is 0.150 e. The Morgan fingerprint density at radius 3 is 2.56 bits per heavy atom. The molecule has 0 amide bonds. The molecule has 1 heterocycles. The molecule has 0 spiro atoms. The monoisotopic (exact) mass is 264 g/mol. The molecule has 0 bridgehead atoms. The van der Waals surface area contributed by atoms with Crippen molar-refractivity contribution in [2.45, 2.75) is 27.4 Å². The maximum absolute atomic E-state index is 5.82. The van der Waals surface area contributed by atoms with Gasteiger partial charge in [0.15, 0.2) is 5.00 Å². The molecule has 96 valence electrons. The van der Waals surface area contributed by atoms with Gasteiger partial charge in [0.25, 0.3) is 0 Å². The lowest BCUT2D eigenvalue weighted by molar-refractivity contribution is 0.297. The Balaban J connectivity index is 2.16. The summed E-state index contributed by atoms with van der Waals surface area (Å²) in [6.45, 7) is 6.51. The number of anilines is 1. The van der Waals surface area contributed by atoms with Crippen LogP contribution in [0.2, 0.25) is 0 Å². The molecule has 2 rings (SSSR count). The van der Waals surface area contributed by atoms with Crippen molar-refractivity contribution in [3.05, 3.63) is 34.5 Å². The number of hydrogen-bond donors (Lipinski definition) is 2. The molecule has 0 saturated heterocycles. The van der Waals surface area contributed by atoms with Crippen LogP contribution in [0.25, 0.3) is 0 Å². The van der Waals surface area contributed by atoms with Gasteiger partial charge in [-0.3, -0.25) is 0 Å². The van der Waals surface area contributed by atoms with E-state index in [4.69, 9.17) is 10.6 Å². The van der Waals surface area contributed by atoms with Gasteiger partial charge >= 0.3 is 0 Å². The predicted molar refractivity (Wildman–Crippen MR) is 72.7 cm³/mol. The molecule has 0 radical (unpaired) electrons. The van der Waals surface area contributed by atoms with Gasteiger partial charge in [0, 0.05) is 11.5 Å². The minimum atomic E-state index is 0.362. The average molecular weight is 264 g/mol. The van der Waals surface area contributed by atoms with Crippen LogP contribution in [0.1, 0.15) is 22.4 Å². The Morgan fingerprint density at radius 2 is 1.94 bits per heavy atom. The first kappa shape index (κ1) is 12.8. The molecule has 0 aliphatic heterocycles. The van der Waals surface area contributed by atoms with E-state index < -0.39 is 0 Å². The molecule has 0 aliphatic carbocycles. The van der Waals surface area contributed by atoms with E-state index in [0.717, 1.165) is 27.6 Å². The molecular formula is C12H16N4OS. The lowest BCUT2D eigenvalue weighted by Crippen LogP contribution is -2.09. The summed E-state index contributed by atoms with van der Waals surface area (Å²) in [7, 11) is 0. The van der Waals surface area contributed by atoms with Crippen LogP contribution >= 0.6 is 11.5 Å². The zero-order valence-corrected chi connectivity index (χ0v) is 11.5. The Bertz CT molecular complexity index is 530. The smallest absolute Gasteiger partial charge is 0.150 e. The highest BCUT2D eigenvalue weighted by molar-refractivity contribution is 7.10. The van der Waals surface area contributed by atoms with Gasteiger partial charge in [-0.15, -0.1) is 5.10 Å². The topological polar surface area (TPSA) is 73.1 Å². The third kappa shape index (κ3) is 2.60. The van der Waals surface area contributed by atoms with E-state index in [0.29, 0.717) is 6.61 Å². The minimum absolute atomic E-state index is 0.362. The summed E-state index contributed by atoms with van der Waals surface area (Å²) < 4.78 is 9.65. The van der Waals surface area contributed by atoms with Crippen molar-refractivity contribution >= 4 is 16.5 Å². The Labute approximate surface area is 110 Å². The fraction of sp³-hybridized carbons (Fsp3) is 0.333. The third-order valence-electron chi connectivity index (χ3n) is 2.64. The zero-order valence-electron chi connectivity index (χ0n) is 10.7. The second kappa shape index (κ2) is 5.32. The summed E-state index contributed by atoms with van der Waals surface area (Å²) in [6, 6.07) is 4.20. The van der Waals surface area contributed by atoms with E-state index in [-0.39, 0.29) is 0 Å². The molecule has 0 saturated carbocycles. The first-order chi connectivity index (χ1) is 8.61. The van der Waals surface area contributed by atoms with Crippen LogP contribution in [0.3, 0.4) is 0 Å². The van der Waals surface area contributed by atoms with Crippen LogP contribution in [0.4, 0.5) is 5.00 Å². The van der Waals surface area contributed by atoms with E-state index in [1.165, 1.54) is 17.1 Å². The first-order valence-electron chi connectivity index (χ1n) is 5.60. The largest absolute Gasteiger partial charge is 0.487 e. The molecule has 18 heavy (non-hydrogen) atoms.